The van der Waals surface area contributed by atoms with E-state index in [1.165, 1.54) is 37.7 Å². The Morgan fingerprint density at radius 2 is 1.85 bits per heavy atom. The van der Waals surface area contributed by atoms with E-state index >= 15 is 0 Å². The van der Waals surface area contributed by atoms with E-state index in [2.05, 4.69) is 43.4 Å². The Hall–Kier alpha value is -1.02. The van der Waals surface area contributed by atoms with Gasteiger partial charge < -0.3 is 10.1 Å². The van der Waals surface area contributed by atoms with Gasteiger partial charge >= 0.3 is 0 Å². The third-order valence-electron chi connectivity index (χ3n) is 4.92. The molecule has 0 heterocycles. The first-order chi connectivity index (χ1) is 9.68. The summed E-state index contributed by atoms with van der Waals surface area (Å²) in [5.74, 6) is 0.944. The monoisotopic (exact) mass is 275 g/mol. The lowest BCUT2D eigenvalue weighted by Crippen LogP contribution is -2.42. The zero-order chi connectivity index (χ0) is 14.4. The predicted molar refractivity (Wildman–Crippen MR) is 85.4 cm³/mol. The summed E-state index contributed by atoms with van der Waals surface area (Å²) in [6, 6.07) is 9.17. The number of methoxy groups -OCH3 is 1. The van der Waals surface area contributed by atoms with E-state index in [9.17, 15) is 0 Å². The maximum atomic E-state index is 5.22. The molecule has 1 aliphatic rings. The fourth-order valence-corrected chi connectivity index (χ4v) is 3.58. The number of rotatable bonds is 7. The number of aryl methyl sites for hydroxylation is 1. The number of ether oxygens (including phenoxy) is 1. The third-order valence-corrected chi connectivity index (χ3v) is 4.92. The van der Waals surface area contributed by atoms with Gasteiger partial charge in [-0.25, -0.2) is 0 Å². The molecule has 1 fully saturated rings. The molecule has 0 bridgehead atoms. The summed E-state index contributed by atoms with van der Waals surface area (Å²) in [5.41, 5.74) is 1.91. The Kier molecular flexibility index (Phi) is 5.47. The standard InChI is InChI=1S/C18H29NO/c1-4-19-17(18(2)13-5-6-14-18)12-9-15-7-10-16(20-3)11-8-15/h7-8,10-11,17,19H,4-6,9,12-14H2,1-3H3. The SMILES string of the molecule is CCNC(CCc1ccc(OC)cc1)C1(C)CCCC1. The van der Waals surface area contributed by atoms with E-state index in [1.807, 2.05) is 0 Å². The molecule has 0 amide bonds. The summed E-state index contributed by atoms with van der Waals surface area (Å²) in [5, 5.41) is 3.73. The molecular formula is C18H29NO. The fourth-order valence-electron chi connectivity index (χ4n) is 3.58. The Bertz CT molecular complexity index is 392. The van der Waals surface area contributed by atoms with Crippen LogP contribution in [0.3, 0.4) is 0 Å². The van der Waals surface area contributed by atoms with Gasteiger partial charge in [0.05, 0.1) is 7.11 Å². The lowest BCUT2D eigenvalue weighted by Gasteiger charge is -2.35. The molecule has 2 nitrogen and oxygen atoms in total. The van der Waals surface area contributed by atoms with E-state index in [0.29, 0.717) is 11.5 Å². The quantitative estimate of drug-likeness (QED) is 0.806. The zero-order valence-electron chi connectivity index (χ0n) is 13.2. The average Bonchev–Trinajstić information content (AvgIpc) is 2.92. The molecular weight excluding hydrogens is 246 g/mol. The zero-order valence-corrected chi connectivity index (χ0v) is 13.2. The Balaban J connectivity index is 1.94. The van der Waals surface area contributed by atoms with Crippen LogP contribution in [0.4, 0.5) is 0 Å². The summed E-state index contributed by atoms with van der Waals surface area (Å²) >= 11 is 0. The van der Waals surface area contributed by atoms with Crippen molar-refractivity contribution in [2.45, 2.75) is 58.4 Å². The van der Waals surface area contributed by atoms with Gasteiger partial charge in [-0.2, -0.15) is 0 Å². The van der Waals surface area contributed by atoms with Crippen LogP contribution in [-0.4, -0.2) is 19.7 Å². The summed E-state index contributed by atoms with van der Waals surface area (Å²) in [6.07, 6.45) is 7.95. The third kappa shape index (κ3) is 3.76. The smallest absolute Gasteiger partial charge is 0.118 e. The van der Waals surface area contributed by atoms with Crippen LogP contribution in [0.25, 0.3) is 0 Å². The van der Waals surface area contributed by atoms with E-state index in [0.717, 1.165) is 18.7 Å². The van der Waals surface area contributed by atoms with Gasteiger partial charge in [0.25, 0.3) is 0 Å². The van der Waals surface area contributed by atoms with Crippen molar-refractivity contribution in [3.8, 4) is 5.75 Å². The van der Waals surface area contributed by atoms with Crippen LogP contribution >= 0.6 is 0 Å². The van der Waals surface area contributed by atoms with Crippen molar-refractivity contribution in [3.05, 3.63) is 29.8 Å². The van der Waals surface area contributed by atoms with Crippen LogP contribution in [-0.2, 0) is 6.42 Å². The summed E-state index contributed by atoms with van der Waals surface area (Å²) < 4.78 is 5.22. The van der Waals surface area contributed by atoms with Crippen LogP contribution in [0, 0.1) is 5.41 Å². The minimum atomic E-state index is 0.502. The highest BCUT2D eigenvalue weighted by Crippen LogP contribution is 2.41. The highest BCUT2D eigenvalue weighted by Gasteiger charge is 2.35. The van der Waals surface area contributed by atoms with Crippen molar-refractivity contribution in [3.63, 3.8) is 0 Å². The largest absolute Gasteiger partial charge is 0.497 e. The van der Waals surface area contributed by atoms with Gasteiger partial charge in [0.2, 0.25) is 0 Å². The van der Waals surface area contributed by atoms with Gasteiger partial charge in [0, 0.05) is 6.04 Å². The summed E-state index contributed by atoms with van der Waals surface area (Å²) in [6.45, 7) is 5.77. The van der Waals surface area contributed by atoms with E-state index < -0.39 is 0 Å². The van der Waals surface area contributed by atoms with Gasteiger partial charge in [-0.1, -0.05) is 38.8 Å². The second-order valence-corrected chi connectivity index (χ2v) is 6.36. The topological polar surface area (TPSA) is 21.3 Å². The second-order valence-electron chi connectivity index (χ2n) is 6.36. The molecule has 1 saturated carbocycles. The molecule has 0 aromatic heterocycles. The molecule has 0 aliphatic heterocycles. The van der Waals surface area contributed by atoms with Crippen molar-refractivity contribution in [2.24, 2.45) is 5.41 Å². The molecule has 1 aromatic rings. The first-order valence-electron chi connectivity index (χ1n) is 8.04. The van der Waals surface area contributed by atoms with E-state index in [-0.39, 0.29) is 0 Å². The van der Waals surface area contributed by atoms with Crippen molar-refractivity contribution >= 4 is 0 Å². The molecule has 2 rings (SSSR count). The van der Waals surface area contributed by atoms with Crippen molar-refractivity contribution in [2.75, 3.05) is 13.7 Å². The average molecular weight is 275 g/mol. The minimum absolute atomic E-state index is 0.502. The Labute approximate surface area is 123 Å². The summed E-state index contributed by atoms with van der Waals surface area (Å²) in [4.78, 5) is 0. The Morgan fingerprint density at radius 1 is 1.20 bits per heavy atom. The molecule has 0 spiro atoms. The van der Waals surface area contributed by atoms with Crippen molar-refractivity contribution in [1.82, 2.24) is 5.32 Å². The molecule has 0 saturated heterocycles. The van der Waals surface area contributed by atoms with Gasteiger partial charge in [0.1, 0.15) is 5.75 Å². The molecule has 1 N–H and O–H groups in total. The molecule has 2 heteroatoms. The molecule has 1 aliphatic carbocycles. The van der Waals surface area contributed by atoms with Crippen LogP contribution in [0.5, 0.6) is 5.75 Å². The number of hydrogen-bond acceptors (Lipinski definition) is 2. The molecule has 0 radical (unpaired) electrons. The predicted octanol–water partition coefficient (Wildman–Crippen LogP) is 4.19. The van der Waals surface area contributed by atoms with Gasteiger partial charge in [0.15, 0.2) is 0 Å². The number of benzene rings is 1. The lowest BCUT2D eigenvalue weighted by atomic mass is 9.78. The van der Waals surface area contributed by atoms with Gasteiger partial charge in [-0.3, -0.25) is 0 Å². The highest BCUT2D eigenvalue weighted by molar-refractivity contribution is 5.27. The van der Waals surface area contributed by atoms with Crippen LogP contribution in [0.15, 0.2) is 24.3 Å². The Morgan fingerprint density at radius 3 is 2.40 bits per heavy atom. The van der Waals surface area contributed by atoms with Crippen LogP contribution in [0.2, 0.25) is 0 Å². The van der Waals surface area contributed by atoms with Gasteiger partial charge in [-0.05, 0) is 55.3 Å². The van der Waals surface area contributed by atoms with Crippen molar-refractivity contribution < 1.29 is 4.74 Å². The maximum absolute atomic E-state index is 5.22. The lowest BCUT2D eigenvalue weighted by molar-refractivity contribution is 0.212. The second kappa shape index (κ2) is 7.12. The molecule has 112 valence electrons. The number of hydrogen-bond donors (Lipinski definition) is 1. The first-order valence-corrected chi connectivity index (χ1v) is 8.04. The van der Waals surface area contributed by atoms with Crippen LogP contribution in [0.1, 0.15) is 51.5 Å². The highest BCUT2D eigenvalue weighted by atomic mass is 16.5. The van der Waals surface area contributed by atoms with E-state index in [4.69, 9.17) is 4.74 Å². The molecule has 1 aromatic carbocycles. The van der Waals surface area contributed by atoms with Gasteiger partial charge in [-0.15, -0.1) is 0 Å². The number of nitrogens with one attached hydrogen (secondary N) is 1. The summed E-state index contributed by atoms with van der Waals surface area (Å²) in [7, 11) is 1.72. The normalized spacial score (nSPS) is 18.9. The fraction of sp³-hybridized carbons (Fsp3) is 0.667. The van der Waals surface area contributed by atoms with Crippen molar-refractivity contribution in [1.29, 1.82) is 0 Å². The first kappa shape index (κ1) is 15.4. The maximum Gasteiger partial charge on any atom is 0.118 e. The van der Waals surface area contributed by atoms with E-state index in [1.54, 1.807) is 7.11 Å². The van der Waals surface area contributed by atoms with Crippen LogP contribution < -0.4 is 10.1 Å². The molecule has 1 atom stereocenters. The molecule has 1 unspecified atom stereocenters. The molecule has 20 heavy (non-hydrogen) atoms. The minimum Gasteiger partial charge on any atom is -0.497 e.